The largest absolute Gasteiger partial charge is 0.310 e. The highest BCUT2D eigenvalue weighted by atomic mass is 15.1. The average Bonchev–Trinajstić information content (AvgIpc) is 3.70. The standard InChI is InChI=1S/C50H34N2/c1-34-43-16-8-9-17-44(43)45-30-29-42(33-47(34)45)51(40-25-20-36(21-26-40)35-12-4-2-5-13-35)41-27-22-37(23-28-41)38-24-31-50-48(32-38)46-18-10-11-19-49(46)52(50)39-14-6-3-7-15-39/h2-33H,1H2. The van der Waals surface area contributed by atoms with Crippen molar-refractivity contribution in [3.63, 3.8) is 0 Å². The Balaban J connectivity index is 1.06. The summed E-state index contributed by atoms with van der Waals surface area (Å²) in [5.41, 5.74) is 17.6. The van der Waals surface area contributed by atoms with Crippen molar-refractivity contribution in [3.05, 3.63) is 212 Å². The maximum atomic E-state index is 4.51. The molecule has 8 aromatic carbocycles. The van der Waals surface area contributed by atoms with Crippen LogP contribution in [0.1, 0.15) is 11.1 Å². The molecule has 1 aliphatic rings. The van der Waals surface area contributed by atoms with Crippen LogP contribution in [0.2, 0.25) is 0 Å². The number of fused-ring (bicyclic) bond motifs is 6. The van der Waals surface area contributed by atoms with E-state index in [1.807, 2.05) is 0 Å². The molecule has 0 radical (unpaired) electrons. The monoisotopic (exact) mass is 662 g/mol. The van der Waals surface area contributed by atoms with E-state index >= 15 is 0 Å². The molecule has 10 rings (SSSR count). The molecule has 0 amide bonds. The molecule has 9 aromatic rings. The lowest BCUT2D eigenvalue weighted by atomic mass is 10.0. The molecule has 244 valence electrons. The molecule has 2 heteroatoms. The van der Waals surface area contributed by atoms with E-state index in [-0.39, 0.29) is 0 Å². The van der Waals surface area contributed by atoms with Crippen molar-refractivity contribution >= 4 is 44.4 Å². The molecule has 1 aromatic heterocycles. The number of benzene rings is 8. The van der Waals surface area contributed by atoms with Gasteiger partial charge in [-0.3, -0.25) is 0 Å². The molecule has 2 nitrogen and oxygen atoms in total. The van der Waals surface area contributed by atoms with Crippen LogP contribution in [0.3, 0.4) is 0 Å². The van der Waals surface area contributed by atoms with Crippen LogP contribution in [0.5, 0.6) is 0 Å². The Kier molecular flexibility index (Phi) is 7.00. The van der Waals surface area contributed by atoms with E-state index in [1.165, 1.54) is 72.0 Å². The lowest BCUT2D eigenvalue weighted by molar-refractivity contribution is 1.18. The summed E-state index contributed by atoms with van der Waals surface area (Å²) in [4.78, 5) is 2.35. The fourth-order valence-electron chi connectivity index (χ4n) is 7.97. The fourth-order valence-corrected chi connectivity index (χ4v) is 7.97. The predicted octanol–water partition coefficient (Wildman–Crippen LogP) is 13.6. The quantitative estimate of drug-likeness (QED) is 0.172. The van der Waals surface area contributed by atoms with Gasteiger partial charge in [0.05, 0.1) is 11.0 Å². The van der Waals surface area contributed by atoms with E-state index in [4.69, 9.17) is 0 Å². The topological polar surface area (TPSA) is 8.17 Å². The minimum Gasteiger partial charge on any atom is -0.310 e. The Morgan fingerprint density at radius 1 is 0.346 bits per heavy atom. The molecule has 52 heavy (non-hydrogen) atoms. The van der Waals surface area contributed by atoms with Crippen LogP contribution in [-0.2, 0) is 0 Å². The lowest BCUT2D eigenvalue weighted by Crippen LogP contribution is -2.10. The smallest absolute Gasteiger partial charge is 0.0541 e. The van der Waals surface area contributed by atoms with E-state index in [0.29, 0.717) is 0 Å². The van der Waals surface area contributed by atoms with Crippen LogP contribution in [0.4, 0.5) is 17.1 Å². The summed E-state index contributed by atoms with van der Waals surface area (Å²) >= 11 is 0. The molecule has 0 fully saturated rings. The van der Waals surface area contributed by atoms with E-state index in [2.05, 4.69) is 210 Å². The van der Waals surface area contributed by atoms with Crippen molar-refractivity contribution in [2.45, 2.75) is 0 Å². The van der Waals surface area contributed by atoms with Gasteiger partial charge in [-0.2, -0.15) is 0 Å². The van der Waals surface area contributed by atoms with Gasteiger partial charge in [-0.1, -0.05) is 134 Å². The number of rotatable bonds is 6. The van der Waals surface area contributed by atoms with Crippen LogP contribution in [0.25, 0.3) is 66.4 Å². The van der Waals surface area contributed by atoms with Crippen LogP contribution in [0, 0.1) is 0 Å². The summed E-state index contributed by atoms with van der Waals surface area (Å²) in [7, 11) is 0. The molecular formula is C50H34N2. The SMILES string of the molecule is C=C1c2ccccc2-c2ccc(N(c3ccc(-c4ccccc4)cc3)c3ccc(-c4ccc5c(c4)c4ccccc4n5-c4ccccc4)cc3)cc21. The Morgan fingerprint density at radius 2 is 0.865 bits per heavy atom. The predicted molar refractivity (Wildman–Crippen MR) is 220 cm³/mol. The normalized spacial score (nSPS) is 11.9. The van der Waals surface area contributed by atoms with Gasteiger partial charge in [0.25, 0.3) is 0 Å². The Hall–Kier alpha value is -6.90. The molecule has 0 unspecified atom stereocenters. The number of aromatic nitrogens is 1. The molecule has 0 saturated carbocycles. The number of hydrogen-bond acceptors (Lipinski definition) is 1. The second-order valence-electron chi connectivity index (χ2n) is 13.5. The molecular weight excluding hydrogens is 629 g/mol. The highest BCUT2D eigenvalue weighted by molar-refractivity contribution is 6.10. The second-order valence-corrected chi connectivity index (χ2v) is 13.5. The van der Waals surface area contributed by atoms with Crippen molar-refractivity contribution in [2.75, 3.05) is 4.90 Å². The number of anilines is 3. The molecule has 0 atom stereocenters. The van der Waals surface area contributed by atoms with Crippen LogP contribution in [0.15, 0.2) is 201 Å². The average molecular weight is 663 g/mol. The minimum atomic E-state index is 1.08. The van der Waals surface area contributed by atoms with Gasteiger partial charge in [-0.15, -0.1) is 0 Å². The second kappa shape index (κ2) is 12.2. The highest BCUT2D eigenvalue weighted by Gasteiger charge is 2.24. The van der Waals surface area contributed by atoms with Gasteiger partial charge in [0.15, 0.2) is 0 Å². The summed E-state index contributed by atoms with van der Waals surface area (Å²) in [6.07, 6.45) is 0. The van der Waals surface area contributed by atoms with Gasteiger partial charge in [0.2, 0.25) is 0 Å². The molecule has 1 heterocycles. The van der Waals surface area contributed by atoms with E-state index in [0.717, 1.165) is 22.6 Å². The van der Waals surface area contributed by atoms with Crippen molar-refractivity contribution in [1.82, 2.24) is 4.57 Å². The Morgan fingerprint density at radius 3 is 1.60 bits per heavy atom. The van der Waals surface area contributed by atoms with Crippen LogP contribution < -0.4 is 4.90 Å². The van der Waals surface area contributed by atoms with Crippen molar-refractivity contribution in [2.24, 2.45) is 0 Å². The van der Waals surface area contributed by atoms with Gasteiger partial charge in [0, 0.05) is 33.5 Å². The van der Waals surface area contributed by atoms with Gasteiger partial charge in [-0.05, 0) is 117 Å². The third kappa shape index (κ3) is 4.88. The number of hydrogen-bond donors (Lipinski definition) is 0. The molecule has 1 aliphatic carbocycles. The zero-order valence-electron chi connectivity index (χ0n) is 28.6. The first-order chi connectivity index (χ1) is 25.7. The Bertz CT molecular complexity index is 2770. The van der Waals surface area contributed by atoms with E-state index < -0.39 is 0 Å². The van der Waals surface area contributed by atoms with Gasteiger partial charge in [-0.25, -0.2) is 0 Å². The van der Waals surface area contributed by atoms with Crippen molar-refractivity contribution in [1.29, 1.82) is 0 Å². The summed E-state index contributed by atoms with van der Waals surface area (Å²) in [5, 5.41) is 2.51. The number of nitrogens with zero attached hydrogens (tertiary/aromatic N) is 2. The summed E-state index contributed by atoms with van der Waals surface area (Å²) in [5.74, 6) is 0. The minimum absolute atomic E-state index is 1.08. The summed E-state index contributed by atoms with van der Waals surface area (Å²) in [6, 6.07) is 70.0. The van der Waals surface area contributed by atoms with Gasteiger partial charge < -0.3 is 9.47 Å². The molecule has 0 N–H and O–H groups in total. The van der Waals surface area contributed by atoms with Crippen LogP contribution >= 0.6 is 0 Å². The molecule has 0 spiro atoms. The van der Waals surface area contributed by atoms with E-state index in [1.54, 1.807) is 0 Å². The first-order valence-electron chi connectivity index (χ1n) is 17.8. The first kappa shape index (κ1) is 30.0. The number of para-hydroxylation sites is 2. The van der Waals surface area contributed by atoms with Crippen LogP contribution in [-0.4, -0.2) is 4.57 Å². The summed E-state index contributed by atoms with van der Waals surface area (Å²) in [6.45, 7) is 4.51. The maximum Gasteiger partial charge on any atom is 0.0541 e. The van der Waals surface area contributed by atoms with Crippen molar-refractivity contribution < 1.29 is 0 Å². The lowest BCUT2D eigenvalue weighted by Gasteiger charge is -2.26. The Labute approximate surface area is 303 Å². The first-order valence-corrected chi connectivity index (χ1v) is 17.8. The van der Waals surface area contributed by atoms with Gasteiger partial charge in [0.1, 0.15) is 0 Å². The third-order valence-electron chi connectivity index (χ3n) is 10.5. The maximum absolute atomic E-state index is 4.51. The van der Waals surface area contributed by atoms with Crippen molar-refractivity contribution in [3.8, 4) is 39.1 Å². The fraction of sp³-hybridized carbons (Fsp3) is 0. The third-order valence-corrected chi connectivity index (χ3v) is 10.5. The molecule has 0 aliphatic heterocycles. The van der Waals surface area contributed by atoms with E-state index in [9.17, 15) is 0 Å². The molecule has 0 saturated heterocycles. The highest BCUT2D eigenvalue weighted by Crippen LogP contribution is 2.47. The molecule has 0 bridgehead atoms. The van der Waals surface area contributed by atoms with Gasteiger partial charge >= 0.3 is 0 Å². The zero-order chi connectivity index (χ0) is 34.6. The zero-order valence-corrected chi connectivity index (χ0v) is 28.6. The summed E-state index contributed by atoms with van der Waals surface area (Å²) < 4.78 is 2.36.